The first-order valence-corrected chi connectivity index (χ1v) is 7.14. The molecule has 24 heavy (non-hydrogen) atoms. The van der Waals surface area contributed by atoms with Crippen molar-refractivity contribution in [3.05, 3.63) is 27.0 Å². The quantitative estimate of drug-likeness (QED) is 0.337. The van der Waals surface area contributed by atoms with Crippen molar-refractivity contribution in [2.24, 2.45) is 5.41 Å². The molecule has 1 N–H and O–H groups in total. The van der Waals surface area contributed by atoms with Gasteiger partial charge in [-0.1, -0.05) is 20.8 Å². The number of hydrogen-bond acceptors (Lipinski definition) is 4. The number of hydrogen-bond donors (Lipinski definition) is 1. The molecule has 0 saturated heterocycles. The monoisotopic (exact) mass is 371 g/mol. The largest absolute Gasteiger partial charge is 0.506 e. The summed E-state index contributed by atoms with van der Waals surface area (Å²) in [5.74, 6) is -2.70. The molecule has 1 rings (SSSR count). The Bertz CT molecular complexity index is 697. The fraction of sp³-hybridized carbons (Fsp3) is 0.429. The average molecular weight is 371 g/mol. The minimum absolute atomic E-state index is 0.185. The molecule has 0 aliphatic rings. The van der Waals surface area contributed by atoms with Crippen LogP contribution in [0.15, 0.2) is 11.0 Å². The van der Waals surface area contributed by atoms with Gasteiger partial charge in [-0.15, -0.1) is 11.3 Å². The third-order valence-electron chi connectivity index (χ3n) is 2.85. The summed E-state index contributed by atoms with van der Waals surface area (Å²) in [4.78, 5) is 10.3. The van der Waals surface area contributed by atoms with E-state index in [1.807, 2.05) is 0 Å². The van der Waals surface area contributed by atoms with Gasteiger partial charge in [-0.05, 0) is 0 Å². The van der Waals surface area contributed by atoms with Crippen LogP contribution in [-0.4, -0.2) is 10.9 Å². The molecular formula is C14H11F6NO2S. The number of nitriles is 1. The van der Waals surface area contributed by atoms with E-state index in [2.05, 4.69) is 0 Å². The lowest BCUT2D eigenvalue weighted by atomic mass is 9.85. The van der Waals surface area contributed by atoms with Gasteiger partial charge in [0.2, 0.25) is 0 Å². The third kappa shape index (κ3) is 3.90. The minimum Gasteiger partial charge on any atom is -0.506 e. The van der Waals surface area contributed by atoms with Gasteiger partial charge in [-0.3, -0.25) is 4.79 Å². The van der Waals surface area contributed by atoms with Crippen LogP contribution in [0.25, 0.3) is 5.76 Å². The summed E-state index contributed by atoms with van der Waals surface area (Å²) in [5, 5.41) is 19.1. The van der Waals surface area contributed by atoms with E-state index in [9.17, 15) is 36.2 Å². The van der Waals surface area contributed by atoms with Crippen LogP contribution >= 0.6 is 11.3 Å². The van der Waals surface area contributed by atoms with Crippen molar-refractivity contribution in [3.8, 4) is 6.07 Å². The van der Waals surface area contributed by atoms with Crippen molar-refractivity contribution < 1.29 is 36.2 Å². The number of halogens is 6. The Hall–Kier alpha value is -2.02. The van der Waals surface area contributed by atoms with Gasteiger partial charge in [0.25, 0.3) is 0 Å². The lowest BCUT2D eigenvalue weighted by Crippen LogP contribution is -2.23. The highest BCUT2D eigenvalue weighted by Crippen LogP contribution is 2.46. The number of thiophene rings is 1. The van der Waals surface area contributed by atoms with Crippen molar-refractivity contribution in [1.29, 1.82) is 5.26 Å². The Morgan fingerprint density at radius 3 is 1.96 bits per heavy atom. The first-order chi connectivity index (χ1) is 10.6. The highest BCUT2D eigenvalue weighted by Gasteiger charge is 2.45. The molecule has 10 heteroatoms. The fourth-order valence-corrected chi connectivity index (χ4v) is 2.67. The van der Waals surface area contributed by atoms with E-state index in [4.69, 9.17) is 5.26 Å². The maximum absolute atomic E-state index is 13.0. The molecule has 1 heterocycles. The van der Waals surface area contributed by atoms with Crippen LogP contribution in [0.1, 0.15) is 36.8 Å². The summed E-state index contributed by atoms with van der Waals surface area (Å²) >= 11 is -0.274. The molecule has 1 aromatic rings. The Morgan fingerprint density at radius 2 is 1.62 bits per heavy atom. The van der Waals surface area contributed by atoms with Crippen LogP contribution < -0.4 is 0 Å². The molecule has 1 aromatic heterocycles. The van der Waals surface area contributed by atoms with Crippen molar-refractivity contribution in [1.82, 2.24) is 0 Å². The molecule has 3 nitrogen and oxygen atoms in total. The normalized spacial score (nSPS) is 14.2. The Kier molecular flexibility index (Phi) is 5.11. The lowest BCUT2D eigenvalue weighted by molar-refractivity contribution is -0.141. The zero-order valence-corrected chi connectivity index (χ0v) is 13.4. The molecule has 0 bridgehead atoms. The van der Waals surface area contributed by atoms with Gasteiger partial charge in [-0.25, -0.2) is 0 Å². The Morgan fingerprint density at radius 1 is 1.12 bits per heavy atom. The molecular weight excluding hydrogens is 360 g/mol. The third-order valence-corrected chi connectivity index (χ3v) is 3.87. The molecule has 0 aliphatic carbocycles. The number of nitrogens with zero attached hydrogens (tertiary/aromatic N) is 1. The number of carbonyl (C=O) groups excluding carboxylic acids is 1. The summed E-state index contributed by atoms with van der Waals surface area (Å²) in [5.41, 5.74) is -5.80. The second-order valence-electron chi connectivity index (χ2n) is 5.76. The van der Waals surface area contributed by atoms with Crippen molar-refractivity contribution in [3.63, 3.8) is 0 Å². The molecule has 0 aromatic carbocycles. The second-order valence-corrected chi connectivity index (χ2v) is 6.64. The van der Waals surface area contributed by atoms with Gasteiger partial charge < -0.3 is 5.11 Å². The number of aliphatic hydroxyl groups excluding tert-OH is 1. The molecule has 0 spiro atoms. The standard InChI is InChI=1S/C14H11F6NO2S/c1-12(2,3)10(23)6(4-21)9(22)8-7(13(15,16)17)5-24-11(8)14(18,19)20/h5,22H,1-3H3. The van der Waals surface area contributed by atoms with Crippen LogP contribution in [0.2, 0.25) is 0 Å². The molecule has 0 aliphatic heterocycles. The number of aliphatic hydroxyl groups is 1. The zero-order valence-electron chi connectivity index (χ0n) is 12.6. The molecule has 0 fully saturated rings. The van der Waals surface area contributed by atoms with Crippen LogP contribution in [0, 0.1) is 16.7 Å². The van der Waals surface area contributed by atoms with Crippen LogP contribution in [-0.2, 0) is 17.1 Å². The van der Waals surface area contributed by atoms with E-state index in [0.29, 0.717) is 0 Å². The second kappa shape index (κ2) is 6.12. The topological polar surface area (TPSA) is 61.1 Å². The number of carbonyl (C=O) groups is 1. The van der Waals surface area contributed by atoms with Crippen LogP contribution in [0.5, 0.6) is 0 Å². The molecule has 132 valence electrons. The highest BCUT2D eigenvalue weighted by atomic mass is 32.1. The SMILES string of the molecule is CC(C)(C)C(=O)C(C#N)=C(O)c1c(C(F)(F)F)csc1C(F)(F)F. The minimum atomic E-state index is -5.20. The number of allylic oxidation sites excluding steroid dienone is 1. The first kappa shape index (κ1) is 20.0. The summed E-state index contributed by atoms with van der Waals surface area (Å²) in [7, 11) is 0. The molecule has 0 unspecified atom stereocenters. The average Bonchev–Trinajstić information content (AvgIpc) is 2.82. The van der Waals surface area contributed by atoms with Crippen LogP contribution in [0.3, 0.4) is 0 Å². The van der Waals surface area contributed by atoms with Gasteiger partial charge in [0.1, 0.15) is 22.3 Å². The smallest absolute Gasteiger partial charge is 0.426 e. The zero-order chi connectivity index (χ0) is 19.1. The molecule has 0 radical (unpaired) electrons. The predicted octanol–water partition coefficient (Wildman–Crippen LogP) is 5.19. The summed E-state index contributed by atoms with van der Waals surface area (Å²) < 4.78 is 77.7. The van der Waals surface area contributed by atoms with Crippen molar-refractivity contribution in [2.45, 2.75) is 33.1 Å². The molecule has 0 atom stereocenters. The van der Waals surface area contributed by atoms with Gasteiger partial charge in [0, 0.05) is 10.8 Å². The molecule has 0 saturated carbocycles. The van der Waals surface area contributed by atoms with Crippen LogP contribution in [0.4, 0.5) is 26.3 Å². The predicted molar refractivity (Wildman–Crippen MR) is 73.9 cm³/mol. The van der Waals surface area contributed by atoms with E-state index in [1.54, 1.807) is 0 Å². The van der Waals surface area contributed by atoms with Gasteiger partial charge >= 0.3 is 12.4 Å². The van der Waals surface area contributed by atoms with Crippen molar-refractivity contribution in [2.75, 3.05) is 0 Å². The first-order valence-electron chi connectivity index (χ1n) is 6.26. The van der Waals surface area contributed by atoms with E-state index >= 15 is 0 Å². The fourth-order valence-electron chi connectivity index (χ4n) is 1.72. The van der Waals surface area contributed by atoms with E-state index < -0.39 is 50.9 Å². The summed E-state index contributed by atoms with van der Waals surface area (Å²) in [6, 6.07) is 1.20. The molecule has 0 amide bonds. The van der Waals surface area contributed by atoms with Gasteiger partial charge in [-0.2, -0.15) is 31.6 Å². The highest BCUT2D eigenvalue weighted by molar-refractivity contribution is 7.10. The van der Waals surface area contributed by atoms with Gasteiger partial charge in [0.15, 0.2) is 5.78 Å². The van der Waals surface area contributed by atoms with E-state index in [0.717, 1.165) is 0 Å². The van der Waals surface area contributed by atoms with E-state index in [1.165, 1.54) is 26.8 Å². The number of ketones is 1. The maximum atomic E-state index is 13.0. The summed E-state index contributed by atoms with van der Waals surface area (Å²) in [6.45, 7) is 3.93. The summed E-state index contributed by atoms with van der Waals surface area (Å²) in [6.07, 6.45) is -10.4. The lowest BCUT2D eigenvalue weighted by Gasteiger charge is -2.18. The Balaban J connectivity index is 3.82. The van der Waals surface area contributed by atoms with E-state index in [-0.39, 0.29) is 16.7 Å². The number of rotatable bonds is 2. The number of alkyl halides is 6. The number of Topliss-reactive ketones (excluding diaryl/α,β-unsaturated/α-hetero) is 1. The van der Waals surface area contributed by atoms with Crippen molar-refractivity contribution >= 4 is 22.9 Å². The Labute approximate surface area is 136 Å². The maximum Gasteiger partial charge on any atom is 0.426 e. The van der Waals surface area contributed by atoms with Gasteiger partial charge in [0.05, 0.1) is 11.1 Å².